The first-order chi connectivity index (χ1) is 8.62. The van der Waals surface area contributed by atoms with E-state index < -0.39 is 0 Å². The number of anilines is 1. The molecule has 0 radical (unpaired) electrons. The molecular weight excluding hydrogens is 227 g/mol. The third kappa shape index (κ3) is 3.98. The average molecular weight is 252 g/mol. The zero-order valence-corrected chi connectivity index (χ0v) is 11.7. The highest BCUT2D eigenvalue weighted by Gasteiger charge is 2.14. The molecule has 2 nitrogen and oxygen atoms in total. The average Bonchev–Trinajstić information content (AvgIpc) is 2.38. The van der Waals surface area contributed by atoms with Crippen LogP contribution in [0.4, 0.5) is 10.1 Å². The maximum Gasteiger partial charge on any atom is 0.125 e. The predicted octanol–water partition coefficient (Wildman–Crippen LogP) is 3.69. The van der Waals surface area contributed by atoms with Gasteiger partial charge in [-0.2, -0.15) is 0 Å². The van der Waals surface area contributed by atoms with E-state index in [0.717, 1.165) is 37.1 Å². The van der Waals surface area contributed by atoms with Crippen molar-refractivity contribution in [1.29, 1.82) is 0 Å². The second-order valence-corrected chi connectivity index (χ2v) is 4.83. The summed E-state index contributed by atoms with van der Waals surface area (Å²) in [4.78, 5) is 2.28. The fraction of sp³-hybridized carbons (Fsp3) is 0.600. The van der Waals surface area contributed by atoms with Crippen LogP contribution in [0.3, 0.4) is 0 Å². The number of benzene rings is 1. The number of halogens is 1. The third-order valence-electron chi connectivity index (χ3n) is 3.39. The zero-order chi connectivity index (χ0) is 13.5. The van der Waals surface area contributed by atoms with Crippen LogP contribution in [-0.4, -0.2) is 12.6 Å². The van der Waals surface area contributed by atoms with Gasteiger partial charge in [-0.3, -0.25) is 0 Å². The maximum absolute atomic E-state index is 13.6. The van der Waals surface area contributed by atoms with Crippen molar-refractivity contribution in [2.45, 2.75) is 52.6 Å². The van der Waals surface area contributed by atoms with Gasteiger partial charge in [-0.25, -0.2) is 4.39 Å². The van der Waals surface area contributed by atoms with E-state index in [4.69, 9.17) is 5.73 Å². The molecule has 102 valence electrons. The van der Waals surface area contributed by atoms with Crippen LogP contribution in [0, 0.1) is 5.82 Å². The van der Waals surface area contributed by atoms with Crippen molar-refractivity contribution in [1.82, 2.24) is 0 Å². The van der Waals surface area contributed by atoms with Crippen molar-refractivity contribution in [3.8, 4) is 0 Å². The first-order valence-electron chi connectivity index (χ1n) is 6.88. The Balaban J connectivity index is 2.99. The Hall–Kier alpha value is -1.09. The lowest BCUT2D eigenvalue weighted by Gasteiger charge is -2.31. The Kier molecular flexibility index (Phi) is 6.13. The van der Waals surface area contributed by atoms with Crippen LogP contribution in [0.1, 0.15) is 45.6 Å². The van der Waals surface area contributed by atoms with Crippen LogP contribution < -0.4 is 10.6 Å². The van der Waals surface area contributed by atoms with E-state index in [1.165, 1.54) is 6.07 Å². The molecule has 1 unspecified atom stereocenters. The summed E-state index contributed by atoms with van der Waals surface area (Å²) >= 11 is 0. The number of rotatable bonds is 7. The van der Waals surface area contributed by atoms with E-state index in [9.17, 15) is 4.39 Å². The first-order valence-corrected chi connectivity index (χ1v) is 6.88. The van der Waals surface area contributed by atoms with Crippen molar-refractivity contribution >= 4 is 5.69 Å². The SMILES string of the molecule is CCCCN(c1cc(F)cc(CN)c1)C(C)CC. The number of hydrogen-bond donors (Lipinski definition) is 1. The van der Waals surface area contributed by atoms with Crippen LogP contribution in [0.25, 0.3) is 0 Å². The molecule has 0 aliphatic heterocycles. The third-order valence-corrected chi connectivity index (χ3v) is 3.39. The van der Waals surface area contributed by atoms with Crippen LogP contribution in [0.2, 0.25) is 0 Å². The molecule has 1 aromatic rings. The van der Waals surface area contributed by atoms with Gasteiger partial charge in [-0.05, 0) is 43.5 Å². The first kappa shape index (κ1) is 15.0. The molecule has 0 fully saturated rings. The van der Waals surface area contributed by atoms with Crippen LogP contribution in [-0.2, 0) is 6.54 Å². The smallest absolute Gasteiger partial charge is 0.125 e. The minimum Gasteiger partial charge on any atom is -0.369 e. The van der Waals surface area contributed by atoms with Crippen molar-refractivity contribution in [3.63, 3.8) is 0 Å². The maximum atomic E-state index is 13.6. The molecule has 1 rings (SSSR count). The molecule has 0 aromatic heterocycles. The lowest BCUT2D eigenvalue weighted by atomic mass is 10.1. The summed E-state index contributed by atoms with van der Waals surface area (Å²) < 4.78 is 13.6. The summed E-state index contributed by atoms with van der Waals surface area (Å²) in [6.45, 7) is 7.87. The predicted molar refractivity (Wildman–Crippen MR) is 76.3 cm³/mol. The van der Waals surface area contributed by atoms with Gasteiger partial charge in [0.05, 0.1) is 0 Å². The number of nitrogens with two attached hydrogens (primary N) is 1. The van der Waals surface area contributed by atoms with Gasteiger partial charge < -0.3 is 10.6 Å². The van der Waals surface area contributed by atoms with Crippen molar-refractivity contribution in [2.24, 2.45) is 5.73 Å². The van der Waals surface area contributed by atoms with E-state index in [0.29, 0.717) is 12.6 Å². The Morgan fingerprint density at radius 1 is 1.28 bits per heavy atom. The van der Waals surface area contributed by atoms with Gasteiger partial charge in [0.2, 0.25) is 0 Å². The summed E-state index contributed by atoms with van der Waals surface area (Å²) in [5, 5.41) is 0. The molecule has 0 aliphatic carbocycles. The van der Waals surface area contributed by atoms with E-state index in [1.807, 2.05) is 6.07 Å². The Bertz CT molecular complexity index is 366. The molecular formula is C15H25FN2. The minimum absolute atomic E-state index is 0.197. The summed E-state index contributed by atoms with van der Waals surface area (Å²) in [5.41, 5.74) is 7.42. The van der Waals surface area contributed by atoms with Gasteiger partial charge in [-0.15, -0.1) is 0 Å². The van der Waals surface area contributed by atoms with Gasteiger partial charge >= 0.3 is 0 Å². The second-order valence-electron chi connectivity index (χ2n) is 4.83. The highest BCUT2D eigenvalue weighted by molar-refractivity contribution is 5.50. The molecule has 3 heteroatoms. The van der Waals surface area contributed by atoms with E-state index in [1.54, 1.807) is 6.07 Å². The number of nitrogens with zero attached hydrogens (tertiary/aromatic N) is 1. The van der Waals surface area contributed by atoms with Crippen molar-refractivity contribution in [2.75, 3.05) is 11.4 Å². The molecule has 0 amide bonds. The largest absolute Gasteiger partial charge is 0.369 e. The lowest BCUT2D eigenvalue weighted by Crippen LogP contribution is -2.33. The van der Waals surface area contributed by atoms with Gasteiger partial charge in [-0.1, -0.05) is 20.3 Å². The van der Waals surface area contributed by atoms with Gasteiger partial charge in [0.15, 0.2) is 0 Å². The highest BCUT2D eigenvalue weighted by Crippen LogP contribution is 2.22. The Morgan fingerprint density at radius 2 is 2.00 bits per heavy atom. The molecule has 0 bridgehead atoms. The van der Waals surface area contributed by atoms with Crippen LogP contribution in [0.15, 0.2) is 18.2 Å². The number of hydrogen-bond acceptors (Lipinski definition) is 2. The highest BCUT2D eigenvalue weighted by atomic mass is 19.1. The molecule has 1 aromatic carbocycles. The standard InChI is InChI=1S/C15H25FN2/c1-4-6-7-18(12(3)5-2)15-9-13(11-17)8-14(16)10-15/h8-10,12H,4-7,11,17H2,1-3H3. The van der Waals surface area contributed by atoms with Crippen LogP contribution >= 0.6 is 0 Å². The molecule has 2 N–H and O–H groups in total. The monoisotopic (exact) mass is 252 g/mol. The molecule has 0 heterocycles. The quantitative estimate of drug-likeness (QED) is 0.802. The van der Waals surface area contributed by atoms with Crippen molar-refractivity contribution in [3.05, 3.63) is 29.6 Å². The van der Waals surface area contributed by atoms with E-state index >= 15 is 0 Å². The zero-order valence-electron chi connectivity index (χ0n) is 11.7. The van der Waals surface area contributed by atoms with Gasteiger partial charge in [0, 0.05) is 24.8 Å². The van der Waals surface area contributed by atoms with Crippen molar-refractivity contribution < 1.29 is 4.39 Å². The molecule has 0 saturated carbocycles. The fourth-order valence-corrected chi connectivity index (χ4v) is 2.07. The Morgan fingerprint density at radius 3 is 2.56 bits per heavy atom. The molecule has 0 spiro atoms. The number of unbranched alkanes of at least 4 members (excludes halogenated alkanes) is 1. The molecule has 0 saturated heterocycles. The van der Waals surface area contributed by atoms with E-state index in [2.05, 4.69) is 25.7 Å². The summed E-state index contributed by atoms with van der Waals surface area (Å²) in [7, 11) is 0. The lowest BCUT2D eigenvalue weighted by molar-refractivity contribution is 0.588. The summed E-state index contributed by atoms with van der Waals surface area (Å²) in [6, 6.07) is 5.55. The normalized spacial score (nSPS) is 12.5. The van der Waals surface area contributed by atoms with Crippen LogP contribution in [0.5, 0.6) is 0 Å². The fourth-order valence-electron chi connectivity index (χ4n) is 2.07. The molecule has 1 atom stereocenters. The molecule has 18 heavy (non-hydrogen) atoms. The summed E-state index contributed by atoms with van der Waals surface area (Å²) in [5.74, 6) is -0.197. The van der Waals surface area contributed by atoms with Gasteiger partial charge in [0.25, 0.3) is 0 Å². The minimum atomic E-state index is -0.197. The van der Waals surface area contributed by atoms with E-state index in [-0.39, 0.29) is 5.82 Å². The Labute approximate surface area is 110 Å². The molecule has 0 aliphatic rings. The summed E-state index contributed by atoms with van der Waals surface area (Å²) in [6.07, 6.45) is 3.32. The van der Waals surface area contributed by atoms with Gasteiger partial charge in [0.1, 0.15) is 5.82 Å². The topological polar surface area (TPSA) is 29.3 Å². The second kappa shape index (κ2) is 7.37.